The summed E-state index contributed by atoms with van der Waals surface area (Å²) in [5.41, 5.74) is 1.15. The first kappa shape index (κ1) is 17.8. The van der Waals surface area contributed by atoms with Crippen molar-refractivity contribution in [1.82, 2.24) is 10.2 Å². The van der Waals surface area contributed by atoms with Gasteiger partial charge in [0.15, 0.2) is 0 Å². The highest BCUT2D eigenvalue weighted by atomic mass is 32.1. The third-order valence-electron chi connectivity index (χ3n) is 4.52. The standard InChI is InChI=1S/C18H23FN4OS/c1-11-8-9-15(14(19)10-11)20-12(2)16(24)21-18-23-22-17(25-18)13-6-4-3-5-7-13/h8-10,12-13,20H,3-7H2,1-2H3,(H,21,23,24)/t12-/m1/s1. The lowest BCUT2D eigenvalue weighted by Crippen LogP contribution is -2.32. The Labute approximate surface area is 151 Å². The second-order valence-corrected chi connectivity index (χ2v) is 7.63. The van der Waals surface area contributed by atoms with Crippen LogP contribution in [0.5, 0.6) is 0 Å². The van der Waals surface area contributed by atoms with Crippen LogP contribution in [0.2, 0.25) is 0 Å². The molecule has 134 valence electrons. The summed E-state index contributed by atoms with van der Waals surface area (Å²) < 4.78 is 13.9. The van der Waals surface area contributed by atoms with Gasteiger partial charge in [0.05, 0.1) is 5.69 Å². The number of rotatable bonds is 5. The Bertz CT molecular complexity index is 742. The smallest absolute Gasteiger partial charge is 0.248 e. The summed E-state index contributed by atoms with van der Waals surface area (Å²) in [6.45, 7) is 3.51. The van der Waals surface area contributed by atoms with Crippen LogP contribution >= 0.6 is 11.3 Å². The van der Waals surface area contributed by atoms with E-state index in [9.17, 15) is 9.18 Å². The number of nitrogens with one attached hydrogen (secondary N) is 2. The Morgan fingerprint density at radius 3 is 2.76 bits per heavy atom. The molecule has 25 heavy (non-hydrogen) atoms. The predicted molar refractivity (Wildman–Crippen MR) is 98.6 cm³/mol. The van der Waals surface area contributed by atoms with E-state index in [2.05, 4.69) is 20.8 Å². The molecule has 1 aromatic carbocycles. The number of benzene rings is 1. The molecule has 2 N–H and O–H groups in total. The van der Waals surface area contributed by atoms with Crippen LogP contribution < -0.4 is 10.6 Å². The summed E-state index contributed by atoms with van der Waals surface area (Å²) >= 11 is 1.44. The van der Waals surface area contributed by atoms with Crippen molar-refractivity contribution in [2.24, 2.45) is 0 Å². The molecule has 1 heterocycles. The van der Waals surface area contributed by atoms with Gasteiger partial charge in [0, 0.05) is 5.92 Å². The first-order chi connectivity index (χ1) is 12.0. The molecular weight excluding hydrogens is 339 g/mol. The minimum absolute atomic E-state index is 0.258. The fraction of sp³-hybridized carbons (Fsp3) is 0.500. The number of aryl methyl sites for hydroxylation is 1. The number of carbonyl (C=O) groups excluding carboxylic acids is 1. The molecule has 0 bridgehead atoms. The maximum absolute atomic E-state index is 13.9. The van der Waals surface area contributed by atoms with Gasteiger partial charge in [-0.2, -0.15) is 0 Å². The van der Waals surface area contributed by atoms with E-state index in [0.717, 1.165) is 23.4 Å². The molecule has 7 heteroatoms. The fourth-order valence-corrected chi connectivity index (χ4v) is 3.96. The molecule has 1 fully saturated rings. The molecule has 1 atom stereocenters. The Kier molecular flexibility index (Phi) is 5.63. The minimum atomic E-state index is -0.584. The van der Waals surface area contributed by atoms with Gasteiger partial charge in [-0.15, -0.1) is 10.2 Å². The van der Waals surface area contributed by atoms with E-state index in [0.29, 0.717) is 16.7 Å². The molecule has 0 saturated heterocycles. The largest absolute Gasteiger partial charge is 0.372 e. The normalized spacial score (nSPS) is 16.4. The van der Waals surface area contributed by atoms with E-state index < -0.39 is 6.04 Å². The van der Waals surface area contributed by atoms with Crippen molar-refractivity contribution in [2.75, 3.05) is 10.6 Å². The zero-order chi connectivity index (χ0) is 17.8. The molecule has 0 spiro atoms. The molecular formula is C18H23FN4OS. The van der Waals surface area contributed by atoms with Crippen molar-refractivity contribution in [3.8, 4) is 0 Å². The topological polar surface area (TPSA) is 66.9 Å². The van der Waals surface area contributed by atoms with Crippen molar-refractivity contribution in [1.29, 1.82) is 0 Å². The summed E-state index contributed by atoms with van der Waals surface area (Å²) in [7, 11) is 0. The lowest BCUT2D eigenvalue weighted by Gasteiger charge is -2.18. The van der Waals surface area contributed by atoms with E-state index in [1.807, 2.05) is 6.92 Å². The van der Waals surface area contributed by atoms with Gasteiger partial charge in [-0.3, -0.25) is 10.1 Å². The number of carbonyl (C=O) groups is 1. The lowest BCUT2D eigenvalue weighted by atomic mass is 9.90. The maximum atomic E-state index is 13.9. The molecule has 5 nitrogen and oxygen atoms in total. The number of anilines is 2. The summed E-state index contributed by atoms with van der Waals surface area (Å²) in [6.07, 6.45) is 6.04. The van der Waals surface area contributed by atoms with E-state index in [1.165, 1.54) is 36.7 Å². The molecule has 1 aliphatic rings. The van der Waals surface area contributed by atoms with Gasteiger partial charge < -0.3 is 5.32 Å². The minimum Gasteiger partial charge on any atom is -0.372 e. The first-order valence-corrected chi connectivity index (χ1v) is 9.51. The molecule has 0 aliphatic heterocycles. The van der Waals surface area contributed by atoms with Gasteiger partial charge in [-0.25, -0.2) is 4.39 Å². The number of halogens is 1. The monoisotopic (exact) mass is 362 g/mol. The molecule has 0 unspecified atom stereocenters. The van der Waals surface area contributed by atoms with Crippen molar-refractivity contribution in [2.45, 2.75) is 57.9 Å². The Morgan fingerprint density at radius 2 is 2.04 bits per heavy atom. The van der Waals surface area contributed by atoms with Crippen LogP contribution in [0.3, 0.4) is 0 Å². The van der Waals surface area contributed by atoms with Crippen LogP contribution in [0.4, 0.5) is 15.2 Å². The zero-order valence-electron chi connectivity index (χ0n) is 14.5. The van der Waals surface area contributed by atoms with Crippen LogP contribution in [0, 0.1) is 12.7 Å². The summed E-state index contributed by atoms with van der Waals surface area (Å²) in [5.74, 6) is -0.157. The Hall–Kier alpha value is -2.02. The van der Waals surface area contributed by atoms with Crippen molar-refractivity contribution in [3.63, 3.8) is 0 Å². The van der Waals surface area contributed by atoms with E-state index in [1.54, 1.807) is 19.1 Å². The number of amides is 1. The average molecular weight is 362 g/mol. The number of aromatic nitrogens is 2. The zero-order valence-corrected chi connectivity index (χ0v) is 15.3. The molecule has 0 radical (unpaired) electrons. The van der Waals surface area contributed by atoms with Crippen molar-refractivity contribution < 1.29 is 9.18 Å². The van der Waals surface area contributed by atoms with Gasteiger partial charge in [-0.05, 0) is 44.4 Å². The van der Waals surface area contributed by atoms with Crippen LogP contribution in [0.15, 0.2) is 18.2 Å². The van der Waals surface area contributed by atoms with E-state index >= 15 is 0 Å². The Morgan fingerprint density at radius 1 is 1.28 bits per heavy atom. The third kappa shape index (κ3) is 4.54. The van der Waals surface area contributed by atoms with Crippen molar-refractivity contribution in [3.05, 3.63) is 34.6 Å². The van der Waals surface area contributed by atoms with E-state index in [-0.39, 0.29) is 11.7 Å². The SMILES string of the molecule is Cc1ccc(N[C@H](C)C(=O)Nc2nnc(C3CCCCC3)s2)c(F)c1. The van der Waals surface area contributed by atoms with Crippen LogP contribution in [-0.4, -0.2) is 22.1 Å². The fourth-order valence-electron chi connectivity index (χ4n) is 3.05. The van der Waals surface area contributed by atoms with Crippen LogP contribution in [0.1, 0.15) is 55.5 Å². The maximum Gasteiger partial charge on any atom is 0.248 e. The highest BCUT2D eigenvalue weighted by molar-refractivity contribution is 7.15. The first-order valence-electron chi connectivity index (χ1n) is 8.70. The van der Waals surface area contributed by atoms with Gasteiger partial charge >= 0.3 is 0 Å². The number of hydrogen-bond acceptors (Lipinski definition) is 5. The van der Waals surface area contributed by atoms with Gasteiger partial charge in [0.25, 0.3) is 0 Å². The van der Waals surface area contributed by atoms with Crippen LogP contribution in [-0.2, 0) is 4.79 Å². The summed E-state index contributed by atoms with van der Waals surface area (Å²) in [6, 6.07) is 4.30. The van der Waals surface area contributed by atoms with Crippen molar-refractivity contribution >= 4 is 28.1 Å². The highest BCUT2D eigenvalue weighted by Gasteiger charge is 2.21. The van der Waals surface area contributed by atoms with E-state index in [4.69, 9.17) is 0 Å². The predicted octanol–water partition coefficient (Wildman–Crippen LogP) is 4.47. The quantitative estimate of drug-likeness (QED) is 0.823. The number of nitrogens with zero attached hydrogens (tertiary/aromatic N) is 2. The molecule has 1 aromatic heterocycles. The Balaban J connectivity index is 1.58. The average Bonchev–Trinajstić information content (AvgIpc) is 3.06. The molecule has 2 aromatic rings. The second-order valence-electron chi connectivity index (χ2n) is 6.62. The summed E-state index contributed by atoms with van der Waals surface area (Å²) in [4.78, 5) is 12.3. The lowest BCUT2D eigenvalue weighted by molar-refractivity contribution is -0.116. The highest BCUT2D eigenvalue weighted by Crippen LogP contribution is 2.35. The molecule has 1 aliphatic carbocycles. The summed E-state index contributed by atoms with van der Waals surface area (Å²) in [5, 5.41) is 15.5. The molecule has 1 amide bonds. The molecule has 3 rings (SSSR count). The molecule has 1 saturated carbocycles. The second kappa shape index (κ2) is 7.91. The van der Waals surface area contributed by atoms with Gasteiger partial charge in [0.2, 0.25) is 11.0 Å². The van der Waals surface area contributed by atoms with Gasteiger partial charge in [0.1, 0.15) is 16.9 Å². The third-order valence-corrected chi connectivity index (χ3v) is 5.52. The van der Waals surface area contributed by atoms with Gasteiger partial charge in [-0.1, -0.05) is 36.7 Å². The van der Waals surface area contributed by atoms with Crippen LogP contribution in [0.25, 0.3) is 0 Å². The number of hydrogen-bond donors (Lipinski definition) is 2.